The average molecular weight is 225 g/mol. The van der Waals surface area contributed by atoms with E-state index in [1.807, 2.05) is 27.7 Å². The fourth-order valence-corrected chi connectivity index (χ4v) is 2.22. The van der Waals surface area contributed by atoms with Gasteiger partial charge in [-0.1, -0.05) is 53.8 Å². The second kappa shape index (κ2) is 9.10. The molecule has 1 heterocycles. The zero-order chi connectivity index (χ0) is 13.4. The van der Waals surface area contributed by atoms with E-state index in [1.54, 1.807) is 0 Å². The van der Waals surface area contributed by atoms with E-state index in [9.17, 15) is 0 Å². The SMILES string of the molecule is CC.CC.[B]C1(C(C)C)CCN(C)CC1C. The lowest BCUT2D eigenvalue weighted by atomic mass is 9.52. The lowest BCUT2D eigenvalue weighted by molar-refractivity contribution is 0.136. The van der Waals surface area contributed by atoms with Crippen LogP contribution < -0.4 is 0 Å². The number of hydrogen-bond acceptors (Lipinski definition) is 1. The summed E-state index contributed by atoms with van der Waals surface area (Å²) in [6.07, 6.45) is 1.14. The van der Waals surface area contributed by atoms with Gasteiger partial charge in [0.05, 0.1) is 7.85 Å². The minimum Gasteiger partial charge on any atom is -0.306 e. The second-order valence-corrected chi connectivity index (χ2v) is 4.68. The van der Waals surface area contributed by atoms with Crippen molar-refractivity contribution in [2.45, 2.75) is 60.2 Å². The summed E-state index contributed by atoms with van der Waals surface area (Å²) in [6, 6.07) is 0. The van der Waals surface area contributed by atoms with Crippen LogP contribution in [0.1, 0.15) is 54.9 Å². The Morgan fingerprint density at radius 3 is 1.94 bits per heavy atom. The molecule has 0 saturated carbocycles. The molecule has 96 valence electrons. The Morgan fingerprint density at radius 2 is 1.62 bits per heavy atom. The second-order valence-electron chi connectivity index (χ2n) is 4.68. The van der Waals surface area contributed by atoms with E-state index in [4.69, 9.17) is 7.85 Å². The van der Waals surface area contributed by atoms with Crippen LogP contribution >= 0.6 is 0 Å². The first-order valence-corrected chi connectivity index (χ1v) is 6.94. The highest BCUT2D eigenvalue weighted by atomic mass is 15.1. The van der Waals surface area contributed by atoms with Crippen LogP contribution in [-0.4, -0.2) is 32.9 Å². The highest BCUT2D eigenvalue weighted by molar-refractivity contribution is 6.15. The van der Waals surface area contributed by atoms with Crippen molar-refractivity contribution >= 4 is 7.85 Å². The van der Waals surface area contributed by atoms with E-state index < -0.39 is 0 Å². The zero-order valence-electron chi connectivity index (χ0n) is 12.8. The van der Waals surface area contributed by atoms with Crippen molar-refractivity contribution in [1.29, 1.82) is 0 Å². The predicted molar refractivity (Wildman–Crippen MR) is 77.3 cm³/mol. The third-order valence-electron chi connectivity index (χ3n) is 3.50. The van der Waals surface area contributed by atoms with Gasteiger partial charge in [0.15, 0.2) is 0 Å². The molecule has 0 bridgehead atoms. The normalized spacial score (nSPS) is 29.9. The van der Waals surface area contributed by atoms with Crippen LogP contribution in [0.3, 0.4) is 0 Å². The number of nitrogens with zero attached hydrogens (tertiary/aromatic N) is 1. The van der Waals surface area contributed by atoms with E-state index in [1.165, 1.54) is 0 Å². The van der Waals surface area contributed by atoms with Gasteiger partial charge in [-0.15, -0.1) is 0 Å². The highest BCUT2D eigenvalue weighted by Crippen LogP contribution is 2.46. The molecule has 0 aromatic rings. The van der Waals surface area contributed by atoms with Crippen molar-refractivity contribution in [3.05, 3.63) is 0 Å². The lowest BCUT2D eigenvalue weighted by Crippen LogP contribution is -2.43. The number of hydrogen-bond donors (Lipinski definition) is 0. The maximum Gasteiger partial charge on any atom is 0.0754 e. The molecule has 1 saturated heterocycles. The summed E-state index contributed by atoms with van der Waals surface area (Å²) in [4.78, 5) is 2.37. The maximum absolute atomic E-state index is 6.38. The molecule has 2 radical (unpaired) electrons. The number of rotatable bonds is 1. The molecule has 0 N–H and O–H groups in total. The Morgan fingerprint density at radius 1 is 1.19 bits per heavy atom. The molecule has 1 rings (SSSR count). The van der Waals surface area contributed by atoms with Gasteiger partial charge < -0.3 is 4.90 Å². The van der Waals surface area contributed by atoms with Gasteiger partial charge in [0.25, 0.3) is 0 Å². The van der Waals surface area contributed by atoms with Crippen molar-refractivity contribution in [3.8, 4) is 0 Å². The van der Waals surface area contributed by atoms with Gasteiger partial charge in [0, 0.05) is 6.54 Å². The first kappa shape index (κ1) is 18.4. The monoisotopic (exact) mass is 225 g/mol. The molecular weight excluding hydrogens is 193 g/mol. The van der Waals surface area contributed by atoms with Crippen LogP contribution in [-0.2, 0) is 0 Å². The molecule has 0 amide bonds. The van der Waals surface area contributed by atoms with Crippen LogP contribution in [0.15, 0.2) is 0 Å². The number of likely N-dealkylation sites (tertiary alicyclic amines) is 1. The van der Waals surface area contributed by atoms with Crippen LogP contribution in [0, 0.1) is 11.8 Å². The van der Waals surface area contributed by atoms with Crippen LogP contribution in [0.4, 0.5) is 0 Å². The maximum atomic E-state index is 6.38. The first-order chi connectivity index (χ1) is 7.47. The molecule has 1 aliphatic rings. The molecule has 1 aliphatic heterocycles. The van der Waals surface area contributed by atoms with Gasteiger partial charge in [0.1, 0.15) is 0 Å². The van der Waals surface area contributed by atoms with E-state index in [0.717, 1.165) is 19.5 Å². The van der Waals surface area contributed by atoms with Gasteiger partial charge in [-0.05, 0) is 31.8 Å². The molecule has 0 aromatic carbocycles. The van der Waals surface area contributed by atoms with Crippen molar-refractivity contribution < 1.29 is 0 Å². The fourth-order valence-electron chi connectivity index (χ4n) is 2.22. The zero-order valence-corrected chi connectivity index (χ0v) is 12.8. The topological polar surface area (TPSA) is 3.24 Å². The Bertz CT molecular complexity index is 159. The Kier molecular flexibility index (Phi) is 10.5. The molecule has 0 aliphatic carbocycles. The molecule has 16 heavy (non-hydrogen) atoms. The third kappa shape index (κ3) is 4.90. The predicted octanol–water partition coefficient (Wildman–Crippen LogP) is 3.99. The molecular formula is C14H32BN. The molecule has 2 atom stereocenters. The standard InChI is InChI=1S/C10H20BN.2C2H6/c1-8(2)10(11)5-6-12(4)7-9(10)3;2*1-2/h8-9H,5-7H2,1-4H3;2*1-2H3. The molecule has 1 nitrogen and oxygen atoms in total. The summed E-state index contributed by atoms with van der Waals surface area (Å²) in [7, 11) is 8.56. The van der Waals surface area contributed by atoms with Crippen molar-refractivity contribution in [2.75, 3.05) is 20.1 Å². The third-order valence-corrected chi connectivity index (χ3v) is 3.50. The summed E-state index contributed by atoms with van der Waals surface area (Å²) in [5, 5.41) is 0.0759. The molecule has 1 fully saturated rings. The summed E-state index contributed by atoms with van der Waals surface area (Å²) in [6.45, 7) is 17.0. The molecule has 2 unspecified atom stereocenters. The Hall–Kier alpha value is 0.0249. The quantitative estimate of drug-likeness (QED) is 0.610. The van der Waals surface area contributed by atoms with Gasteiger partial charge in [-0.25, -0.2) is 0 Å². The lowest BCUT2D eigenvalue weighted by Gasteiger charge is -2.47. The van der Waals surface area contributed by atoms with Crippen LogP contribution in [0.2, 0.25) is 5.31 Å². The number of piperidine rings is 1. The van der Waals surface area contributed by atoms with Crippen molar-refractivity contribution in [1.82, 2.24) is 4.90 Å². The summed E-state index contributed by atoms with van der Waals surface area (Å²) >= 11 is 0. The molecule has 2 heteroatoms. The minimum absolute atomic E-state index is 0.0759. The highest BCUT2D eigenvalue weighted by Gasteiger charge is 2.37. The summed E-state index contributed by atoms with van der Waals surface area (Å²) < 4.78 is 0. The van der Waals surface area contributed by atoms with Crippen LogP contribution in [0.5, 0.6) is 0 Å². The van der Waals surface area contributed by atoms with E-state index in [0.29, 0.717) is 11.8 Å². The van der Waals surface area contributed by atoms with Crippen molar-refractivity contribution in [3.63, 3.8) is 0 Å². The molecule has 0 spiro atoms. The fraction of sp³-hybridized carbons (Fsp3) is 1.00. The molecule has 0 aromatic heterocycles. The average Bonchev–Trinajstić information content (AvgIpc) is 2.29. The first-order valence-electron chi connectivity index (χ1n) is 6.94. The summed E-state index contributed by atoms with van der Waals surface area (Å²) in [5.41, 5.74) is 0. The van der Waals surface area contributed by atoms with Gasteiger partial charge in [0.2, 0.25) is 0 Å². The Labute approximate surface area is 105 Å². The van der Waals surface area contributed by atoms with Gasteiger partial charge in [-0.2, -0.15) is 0 Å². The van der Waals surface area contributed by atoms with Gasteiger partial charge >= 0.3 is 0 Å². The van der Waals surface area contributed by atoms with E-state index in [-0.39, 0.29) is 5.31 Å². The Balaban J connectivity index is 0. The van der Waals surface area contributed by atoms with Gasteiger partial charge in [-0.3, -0.25) is 0 Å². The largest absolute Gasteiger partial charge is 0.306 e. The van der Waals surface area contributed by atoms with E-state index in [2.05, 4.69) is 32.7 Å². The van der Waals surface area contributed by atoms with Crippen molar-refractivity contribution in [2.24, 2.45) is 11.8 Å². The van der Waals surface area contributed by atoms with E-state index >= 15 is 0 Å². The summed E-state index contributed by atoms with van der Waals surface area (Å²) in [5.74, 6) is 1.22. The van der Waals surface area contributed by atoms with Crippen LogP contribution in [0.25, 0.3) is 0 Å². The smallest absolute Gasteiger partial charge is 0.0754 e. The minimum atomic E-state index is 0.0759.